The Kier molecular flexibility index (Phi) is 5.00. The molecule has 1 aromatic rings. The van der Waals surface area contributed by atoms with Crippen molar-refractivity contribution in [2.24, 2.45) is 11.3 Å². The highest BCUT2D eigenvalue weighted by Crippen LogP contribution is 2.41. The van der Waals surface area contributed by atoms with Crippen molar-refractivity contribution in [1.82, 2.24) is 9.80 Å². The van der Waals surface area contributed by atoms with Gasteiger partial charge in [-0.05, 0) is 62.0 Å². The average Bonchev–Trinajstić information content (AvgIpc) is 3.37. The number of nitrogens with zero attached hydrogens (tertiary/aromatic N) is 2. The summed E-state index contributed by atoms with van der Waals surface area (Å²) in [6.45, 7) is 3.20. The van der Waals surface area contributed by atoms with Crippen LogP contribution in [-0.4, -0.2) is 54.0 Å². The molecule has 1 atom stereocenters. The molecule has 0 aromatic heterocycles. The van der Waals surface area contributed by atoms with E-state index in [2.05, 4.69) is 23.3 Å². The number of carbonyl (C=O) groups is 2. The maximum absolute atomic E-state index is 13.1. The molecule has 5 heteroatoms. The van der Waals surface area contributed by atoms with Crippen molar-refractivity contribution in [3.05, 3.63) is 29.8 Å². The van der Waals surface area contributed by atoms with Crippen LogP contribution in [-0.2, 0) is 16.0 Å². The molecule has 2 aliphatic heterocycles. The molecule has 3 fully saturated rings. The van der Waals surface area contributed by atoms with E-state index < -0.39 is 0 Å². The van der Waals surface area contributed by atoms with Crippen molar-refractivity contribution in [2.75, 3.05) is 32.4 Å². The summed E-state index contributed by atoms with van der Waals surface area (Å²) in [7, 11) is 0. The third-order valence-electron chi connectivity index (χ3n) is 6.22. The Bertz CT molecular complexity index is 686. The molecule has 4 nitrogen and oxygen atoms in total. The molecule has 140 valence electrons. The maximum Gasteiger partial charge on any atom is 0.230 e. The van der Waals surface area contributed by atoms with Crippen LogP contribution in [0.3, 0.4) is 0 Å². The number of thioether (sulfide) groups is 1. The Labute approximate surface area is 160 Å². The van der Waals surface area contributed by atoms with Gasteiger partial charge in [0.2, 0.25) is 11.8 Å². The van der Waals surface area contributed by atoms with E-state index in [1.165, 1.54) is 17.7 Å². The summed E-state index contributed by atoms with van der Waals surface area (Å²) in [6.07, 6.45) is 7.90. The van der Waals surface area contributed by atoms with Gasteiger partial charge in [-0.25, -0.2) is 0 Å². The molecule has 2 heterocycles. The molecule has 26 heavy (non-hydrogen) atoms. The monoisotopic (exact) mass is 372 g/mol. The molecular formula is C21H28N2O2S. The highest BCUT2D eigenvalue weighted by atomic mass is 32.2. The number of amides is 2. The van der Waals surface area contributed by atoms with Gasteiger partial charge in [-0.3, -0.25) is 9.59 Å². The molecule has 3 aliphatic rings. The smallest absolute Gasteiger partial charge is 0.230 e. The van der Waals surface area contributed by atoms with Crippen LogP contribution in [0, 0.1) is 11.3 Å². The lowest BCUT2D eigenvalue weighted by atomic mass is 9.78. The van der Waals surface area contributed by atoms with E-state index in [0.717, 1.165) is 50.4 Å². The number of piperidine rings is 1. The number of benzene rings is 1. The van der Waals surface area contributed by atoms with Crippen molar-refractivity contribution in [2.45, 2.75) is 43.4 Å². The SMILES string of the molecule is CSc1ccc(CC(=O)N2CCC3(CCCN(CC4CC4)C3=O)C2)cc1. The second kappa shape index (κ2) is 7.26. The van der Waals surface area contributed by atoms with E-state index in [-0.39, 0.29) is 11.3 Å². The first kappa shape index (κ1) is 17.9. The predicted molar refractivity (Wildman–Crippen MR) is 104 cm³/mol. The summed E-state index contributed by atoms with van der Waals surface area (Å²) in [5.41, 5.74) is 0.755. The van der Waals surface area contributed by atoms with Gasteiger partial charge in [0.25, 0.3) is 0 Å². The number of likely N-dealkylation sites (tertiary alicyclic amines) is 2. The number of hydrogen-bond donors (Lipinski definition) is 0. The largest absolute Gasteiger partial charge is 0.342 e. The molecule has 1 saturated carbocycles. The lowest BCUT2D eigenvalue weighted by Gasteiger charge is -2.39. The third-order valence-corrected chi connectivity index (χ3v) is 6.96. The zero-order valence-electron chi connectivity index (χ0n) is 15.6. The summed E-state index contributed by atoms with van der Waals surface area (Å²) >= 11 is 1.71. The third kappa shape index (κ3) is 3.64. The maximum atomic E-state index is 13.1. The predicted octanol–water partition coefficient (Wildman–Crippen LogP) is 3.20. The van der Waals surface area contributed by atoms with Gasteiger partial charge in [-0.1, -0.05) is 12.1 Å². The second-order valence-corrected chi connectivity index (χ2v) is 9.05. The summed E-state index contributed by atoms with van der Waals surface area (Å²) in [6, 6.07) is 8.22. The van der Waals surface area contributed by atoms with Crippen LogP contribution in [0.4, 0.5) is 0 Å². The van der Waals surface area contributed by atoms with Crippen LogP contribution >= 0.6 is 11.8 Å². The summed E-state index contributed by atoms with van der Waals surface area (Å²) in [5, 5.41) is 0. The molecule has 1 aromatic carbocycles. The quantitative estimate of drug-likeness (QED) is 0.745. The zero-order chi connectivity index (χ0) is 18.1. The molecule has 4 rings (SSSR count). The van der Waals surface area contributed by atoms with Crippen LogP contribution in [0.1, 0.15) is 37.7 Å². The Balaban J connectivity index is 1.38. The minimum atomic E-state index is -0.300. The van der Waals surface area contributed by atoms with Gasteiger partial charge in [0.05, 0.1) is 11.8 Å². The molecule has 2 amide bonds. The molecule has 1 spiro atoms. The molecule has 2 saturated heterocycles. The summed E-state index contributed by atoms with van der Waals surface area (Å²) in [5.74, 6) is 1.21. The molecule has 0 radical (unpaired) electrons. The first-order chi connectivity index (χ1) is 12.6. The average molecular weight is 373 g/mol. The zero-order valence-corrected chi connectivity index (χ0v) is 16.4. The van der Waals surface area contributed by atoms with Crippen LogP contribution in [0.25, 0.3) is 0 Å². The number of rotatable bonds is 5. The lowest BCUT2D eigenvalue weighted by molar-refractivity contribution is -0.146. The summed E-state index contributed by atoms with van der Waals surface area (Å²) in [4.78, 5) is 31.1. The second-order valence-electron chi connectivity index (χ2n) is 8.17. The van der Waals surface area contributed by atoms with Crippen LogP contribution < -0.4 is 0 Å². The van der Waals surface area contributed by atoms with Crippen LogP contribution in [0.2, 0.25) is 0 Å². The fourth-order valence-corrected chi connectivity index (χ4v) is 4.84. The molecular weight excluding hydrogens is 344 g/mol. The first-order valence-electron chi connectivity index (χ1n) is 9.80. The highest BCUT2D eigenvalue weighted by molar-refractivity contribution is 7.98. The van der Waals surface area contributed by atoms with Gasteiger partial charge in [-0.15, -0.1) is 11.8 Å². The Morgan fingerprint density at radius 1 is 1.19 bits per heavy atom. The van der Waals surface area contributed by atoms with Crippen LogP contribution in [0.15, 0.2) is 29.2 Å². The van der Waals surface area contributed by atoms with E-state index in [1.54, 1.807) is 11.8 Å². The van der Waals surface area contributed by atoms with E-state index in [1.807, 2.05) is 17.0 Å². The van der Waals surface area contributed by atoms with Gasteiger partial charge in [-0.2, -0.15) is 0 Å². The van der Waals surface area contributed by atoms with Crippen molar-refractivity contribution in [3.63, 3.8) is 0 Å². The number of hydrogen-bond acceptors (Lipinski definition) is 3. The minimum absolute atomic E-state index is 0.158. The van der Waals surface area contributed by atoms with E-state index in [0.29, 0.717) is 18.9 Å². The Morgan fingerprint density at radius 2 is 1.96 bits per heavy atom. The van der Waals surface area contributed by atoms with Gasteiger partial charge in [0, 0.05) is 31.1 Å². The van der Waals surface area contributed by atoms with E-state index in [9.17, 15) is 9.59 Å². The lowest BCUT2D eigenvalue weighted by Crippen LogP contribution is -2.51. The fraction of sp³-hybridized carbons (Fsp3) is 0.619. The van der Waals surface area contributed by atoms with E-state index in [4.69, 9.17) is 0 Å². The van der Waals surface area contributed by atoms with Gasteiger partial charge in [0.1, 0.15) is 0 Å². The van der Waals surface area contributed by atoms with E-state index >= 15 is 0 Å². The van der Waals surface area contributed by atoms with Crippen molar-refractivity contribution < 1.29 is 9.59 Å². The van der Waals surface area contributed by atoms with Crippen LogP contribution in [0.5, 0.6) is 0 Å². The topological polar surface area (TPSA) is 40.6 Å². The molecule has 0 N–H and O–H groups in total. The summed E-state index contributed by atoms with van der Waals surface area (Å²) < 4.78 is 0. The van der Waals surface area contributed by atoms with Crippen molar-refractivity contribution in [1.29, 1.82) is 0 Å². The Hall–Kier alpha value is -1.49. The highest BCUT2D eigenvalue weighted by Gasteiger charge is 2.49. The normalized spacial score (nSPS) is 26.0. The van der Waals surface area contributed by atoms with Gasteiger partial charge in [0.15, 0.2) is 0 Å². The molecule has 1 aliphatic carbocycles. The van der Waals surface area contributed by atoms with Crippen molar-refractivity contribution >= 4 is 23.6 Å². The molecule has 0 bridgehead atoms. The van der Waals surface area contributed by atoms with Gasteiger partial charge >= 0.3 is 0 Å². The minimum Gasteiger partial charge on any atom is -0.342 e. The number of carbonyl (C=O) groups excluding carboxylic acids is 2. The standard InChI is InChI=1S/C21H28N2O2S/c1-26-18-7-5-16(6-8-18)13-19(24)23-12-10-21(15-23)9-2-11-22(20(21)25)14-17-3-4-17/h5-8,17H,2-4,9-15H2,1H3. The fourth-order valence-electron chi connectivity index (χ4n) is 4.43. The Morgan fingerprint density at radius 3 is 2.65 bits per heavy atom. The van der Waals surface area contributed by atoms with Crippen molar-refractivity contribution in [3.8, 4) is 0 Å². The molecule has 1 unspecified atom stereocenters. The van der Waals surface area contributed by atoms with Gasteiger partial charge < -0.3 is 9.80 Å². The first-order valence-corrected chi connectivity index (χ1v) is 11.0.